The minimum absolute atomic E-state index is 0.117. The van der Waals surface area contributed by atoms with Crippen molar-refractivity contribution >= 4 is 39.9 Å². The number of aryl methyl sites for hydroxylation is 2. The van der Waals surface area contributed by atoms with Gasteiger partial charge in [0.25, 0.3) is 0 Å². The Hall–Kier alpha value is -0.390. The Kier molecular flexibility index (Phi) is 3.95. The van der Waals surface area contributed by atoms with Gasteiger partial charge in [0.05, 0.1) is 0 Å². The van der Waals surface area contributed by atoms with Crippen molar-refractivity contribution in [2.24, 2.45) is 0 Å². The summed E-state index contributed by atoms with van der Waals surface area (Å²) < 4.78 is 1.28. The Balaban J connectivity index is 2.33. The third-order valence-electron chi connectivity index (χ3n) is 4.31. The van der Waals surface area contributed by atoms with E-state index in [1.54, 1.807) is 21.8 Å². The van der Waals surface area contributed by atoms with Gasteiger partial charge in [-0.15, -0.1) is 0 Å². The maximum absolute atomic E-state index is 3.82. The summed E-state index contributed by atoms with van der Waals surface area (Å²) in [5.41, 5.74) is 4.55. The van der Waals surface area contributed by atoms with Gasteiger partial charge in [-0.25, -0.2) is 0 Å². The van der Waals surface area contributed by atoms with E-state index in [-0.39, 0.29) is 7.92 Å². The van der Waals surface area contributed by atoms with Gasteiger partial charge in [0, 0.05) is 9.86 Å². The van der Waals surface area contributed by atoms with Crippen molar-refractivity contribution in [1.82, 2.24) is 0 Å². The lowest BCUT2D eigenvalue weighted by molar-refractivity contribution is 1.02. The van der Waals surface area contributed by atoms with Crippen molar-refractivity contribution < 1.29 is 0 Å². The van der Waals surface area contributed by atoms with Crippen molar-refractivity contribution in [2.75, 3.05) is 0 Å². The monoisotopic (exact) mass is 348 g/mol. The lowest BCUT2D eigenvalue weighted by Crippen LogP contribution is -2.16. The maximum atomic E-state index is 3.82. The number of hydrogen-bond acceptors (Lipinski definition) is 0. The highest BCUT2D eigenvalue weighted by atomic mass is 79.9. The van der Waals surface area contributed by atoms with Crippen molar-refractivity contribution in [2.45, 2.75) is 51.9 Å². The van der Waals surface area contributed by atoms with E-state index in [2.05, 4.69) is 67.9 Å². The van der Waals surface area contributed by atoms with Crippen molar-refractivity contribution in [1.29, 1.82) is 0 Å². The Morgan fingerprint density at radius 1 is 0.850 bits per heavy atom. The molecule has 0 aliphatic heterocycles. The third kappa shape index (κ3) is 2.24. The highest BCUT2D eigenvalue weighted by Crippen LogP contribution is 2.48. The highest BCUT2D eigenvalue weighted by Gasteiger charge is 2.25. The second-order valence-electron chi connectivity index (χ2n) is 6.30. The largest absolute Gasteiger partial charge is 0.0693 e. The summed E-state index contributed by atoms with van der Waals surface area (Å²) in [6.45, 7) is 9.51. The van der Waals surface area contributed by atoms with Crippen LogP contribution in [0.25, 0.3) is 10.8 Å². The molecule has 0 saturated carbocycles. The van der Waals surface area contributed by atoms with Gasteiger partial charge >= 0.3 is 0 Å². The van der Waals surface area contributed by atoms with Gasteiger partial charge in [0.15, 0.2) is 0 Å². The molecule has 0 fully saturated rings. The van der Waals surface area contributed by atoms with E-state index in [1.165, 1.54) is 22.7 Å². The molecule has 0 N–H and O–H groups in total. The van der Waals surface area contributed by atoms with Gasteiger partial charge in [0.2, 0.25) is 0 Å². The zero-order valence-corrected chi connectivity index (χ0v) is 15.2. The molecule has 20 heavy (non-hydrogen) atoms. The van der Waals surface area contributed by atoms with Crippen molar-refractivity contribution in [3.8, 4) is 0 Å². The van der Waals surface area contributed by atoms with Crippen LogP contribution in [0, 0.1) is 0 Å². The summed E-state index contributed by atoms with van der Waals surface area (Å²) >= 11 is 3.82. The fraction of sp³-hybridized carbons (Fsp3) is 0.444. The molecule has 0 unspecified atom stereocenters. The minimum Gasteiger partial charge on any atom is -0.0693 e. The second kappa shape index (κ2) is 5.43. The van der Waals surface area contributed by atoms with Gasteiger partial charge in [0.1, 0.15) is 0 Å². The van der Waals surface area contributed by atoms with Gasteiger partial charge in [-0.2, -0.15) is 0 Å². The fourth-order valence-corrected chi connectivity index (χ4v) is 7.38. The molecule has 3 rings (SSSR count). The molecule has 106 valence electrons. The molecule has 0 saturated heterocycles. The highest BCUT2D eigenvalue weighted by molar-refractivity contribution is 9.10. The molecule has 2 heteroatoms. The average molecular weight is 349 g/mol. The predicted molar refractivity (Wildman–Crippen MR) is 95.9 cm³/mol. The molecule has 0 amide bonds. The zero-order valence-electron chi connectivity index (χ0n) is 12.7. The molecule has 0 bridgehead atoms. The van der Waals surface area contributed by atoms with E-state index in [0.717, 1.165) is 11.3 Å². The van der Waals surface area contributed by atoms with Crippen LogP contribution in [0.5, 0.6) is 0 Å². The Morgan fingerprint density at radius 3 is 1.95 bits per heavy atom. The number of rotatable bonds is 3. The normalized spacial score (nSPS) is 14.2. The molecule has 2 aromatic carbocycles. The average Bonchev–Trinajstić information content (AvgIpc) is 2.78. The van der Waals surface area contributed by atoms with Crippen LogP contribution in [0.15, 0.2) is 28.7 Å². The molecule has 0 atom stereocenters. The lowest BCUT2D eigenvalue weighted by Gasteiger charge is -2.28. The number of benzene rings is 2. The molecule has 0 spiro atoms. The predicted octanol–water partition coefficient (Wildman–Crippen LogP) is 5.62. The molecular weight excluding hydrogens is 327 g/mol. The fourth-order valence-electron chi connectivity index (χ4n) is 3.64. The smallest absolute Gasteiger partial charge is 0.0260 e. The third-order valence-corrected chi connectivity index (χ3v) is 8.13. The molecular formula is C18H22BrP. The van der Waals surface area contributed by atoms with Gasteiger partial charge in [-0.1, -0.05) is 69.7 Å². The first-order chi connectivity index (χ1) is 9.50. The van der Waals surface area contributed by atoms with E-state index in [0.29, 0.717) is 0 Å². The Labute approximate surface area is 131 Å². The summed E-state index contributed by atoms with van der Waals surface area (Å²) in [5, 5.41) is 4.65. The van der Waals surface area contributed by atoms with Crippen molar-refractivity contribution in [3.63, 3.8) is 0 Å². The van der Waals surface area contributed by atoms with Crippen LogP contribution in [0.1, 0.15) is 38.8 Å². The SMILES string of the molecule is CC(C)P(c1ccc2c3c(ccc(Br)c13)CC2)C(C)C. The first kappa shape index (κ1) is 14.5. The number of hydrogen-bond donors (Lipinski definition) is 0. The standard InChI is InChI=1S/C18H22BrP/c1-11(2)20(12(3)4)16-10-8-14-6-5-13-7-9-15(19)18(16)17(13)14/h7-12H,5-6H2,1-4H3. The summed E-state index contributed by atoms with van der Waals surface area (Å²) in [4.78, 5) is 0. The molecule has 1 aliphatic rings. The van der Waals surface area contributed by atoms with Gasteiger partial charge < -0.3 is 0 Å². The van der Waals surface area contributed by atoms with Crippen LogP contribution in [-0.4, -0.2) is 11.3 Å². The van der Waals surface area contributed by atoms with Crippen LogP contribution in [0.4, 0.5) is 0 Å². The lowest BCUT2D eigenvalue weighted by atomic mass is 10.1. The Bertz CT molecular complexity index is 640. The van der Waals surface area contributed by atoms with Crippen LogP contribution in [-0.2, 0) is 12.8 Å². The van der Waals surface area contributed by atoms with E-state index >= 15 is 0 Å². The number of halogens is 1. The molecule has 0 nitrogen and oxygen atoms in total. The summed E-state index contributed by atoms with van der Waals surface area (Å²) in [6, 6.07) is 9.37. The van der Waals surface area contributed by atoms with E-state index in [4.69, 9.17) is 0 Å². The van der Waals surface area contributed by atoms with Crippen LogP contribution >= 0.6 is 23.9 Å². The summed E-state index contributed by atoms with van der Waals surface area (Å²) in [5.74, 6) is 0. The van der Waals surface area contributed by atoms with E-state index in [1.807, 2.05) is 0 Å². The Morgan fingerprint density at radius 2 is 1.40 bits per heavy atom. The van der Waals surface area contributed by atoms with E-state index in [9.17, 15) is 0 Å². The van der Waals surface area contributed by atoms with Gasteiger partial charge in [-0.05, 0) is 52.0 Å². The maximum Gasteiger partial charge on any atom is 0.0260 e. The molecule has 0 radical (unpaired) electrons. The van der Waals surface area contributed by atoms with Crippen LogP contribution in [0.2, 0.25) is 0 Å². The summed E-state index contributed by atoms with van der Waals surface area (Å²) in [6.07, 6.45) is 2.42. The molecule has 0 heterocycles. The molecule has 0 aromatic heterocycles. The molecule has 2 aromatic rings. The molecule has 1 aliphatic carbocycles. The van der Waals surface area contributed by atoms with Crippen molar-refractivity contribution in [3.05, 3.63) is 39.9 Å². The topological polar surface area (TPSA) is 0 Å². The quantitative estimate of drug-likeness (QED) is 0.631. The minimum atomic E-state index is -0.117. The first-order valence-corrected chi connectivity index (χ1v) is 9.79. The van der Waals surface area contributed by atoms with Crippen LogP contribution < -0.4 is 5.30 Å². The van der Waals surface area contributed by atoms with E-state index < -0.39 is 0 Å². The zero-order chi connectivity index (χ0) is 14.4. The van der Waals surface area contributed by atoms with Crippen LogP contribution in [0.3, 0.4) is 0 Å². The second-order valence-corrected chi connectivity index (χ2v) is 10.5. The first-order valence-electron chi connectivity index (χ1n) is 7.52. The van der Waals surface area contributed by atoms with Gasteiger partial charge in [-0.3, -0.25) is 0 Å². The summed E-state index contributed by atoms with van der Waals surface area (Å²) in [7, 11) is -0.117.